The molecular weight excluding hydrogens is 626 g/mol. The zero-order valence-corrected chi connectivity index (χ0v) is 25.3. The van der Waals surface area contributed by atoms with E-state index in [0.29, 0.717) is 37.4 Å². The highest BCUT2D eigenvalue weighted by atomic mass is 35.5. The van der Waals surface area contributed by atoms with Crippen LogP contribution in [0.4, 0.5) is 5.13 Å². The molecule has 0 radical (unpaired) electrons. The number of amides is 1. The molecular formula is C31H22ClN3O7S2. The first kappa shape index (κ1) is 29.4. The van der Waals surface area contributed by atoms with Crippen LogP contribution in [0, 0.1) is 0 Å². The third-order valence-corrected chi connectivity index (χ3v) is 9.27. The van der Waals surface area contributed by atoms with E-state index in [9.17, 15) is 19.5 Å². The molecule has 1 atom stereocenters. The maximum absolute atomic E-state index is 13.9. The Morgan fingerprint density at radius 1 is 1.07 bits per heavy atom. The SMILES string of the molecule is COC(=O)COc1ccc(C2C(C(=O)c3cc4ccccc4o3)=C(O)C(=O)N2c2nnc(SCc3ccccc3Cl)s2)cc1. The van der Waals surface area contributed by atoms with E-state index < -0.39 is 29.5 Å². The number of fused-ring (bicyclic) bond motifs is 1. The van der Waals surface area contributed by atoms with Gasteiger partial charge in [-0.2, -0.15) is 0 Å². The number of aromatic nitrogens is 2. The van der Waals surface area contributed by atoms with E-state index >= 15 is 0 Å². The van der Waals surface area contributed by atoms with Crippen LogP contribution in [-0.4, -0.2) is 46.7 Å². The van der Waals surface area contributed by atoms with Gasteiger partial charge in [-0.3, -0.25) is 14.5 Å². The minimum atomic E-state index is -1.06. The summed E-state index contributed by atoms with van der Waals surface area (Å²) < 4.78 is 16.4. The Balaban J connectivity index is 1.34. The van der Waals surface area contributed by atoms with Gasteiger partial charge in [0.05, 0.1) is 18.7 Å². The van der Waals surface area contributed by atoms with Crippen molar-refractivity contribution in [2.45, 2.75) is 16.1 Å². The summed E-state index contributed by atoms with van der Waals surface area (Å²) in [7, 11) is 1.26. The van der Waals surface area contributed by atoms with Crippen molar-refractivity contribution in [3.05, 3.63) is 112 Å². The predicted octanol–water partition coefficient (Wildman–Crippen LogP) is 6.56. The first-order valence-electron chi connectivity index (χ1n) is 13.1. The number of aliphatic hydroxyl groups excluding tert-OH is 1. The predicted molar refractivity (Wildman–Crippen MR) is 165 cm³/mol. The van der Waals surface area contributed by atoms with Crippen molar-refractivity contribution in [1.29, 1.82) is 0 Å². The van der Waals surface area contributed by atoms with Crippen LogP contribution in [-0.2, 0) is 20.1 Å². The van der Waals surface area contributed by atoms with Crippen molar-refractivity contribution in [1.82, 2.24) is 10.2 Å². The molecule has 0 aliphatic carbocycles. The molecule has 0 fully saturated rings. The highest BCUT2D eigenvalue weighted by Gasteiger charge is 2.46. The average molecular weight is 648 g/mol. The van der Waals surface area contributed by atoms with E-state index in [0.717, 1.165) is 16.9 Å². The van der Waals surface area contributed by atoms with Crippen LogP contribution >= 0.6 is 34.7 Å². The lowest BCUT2D eigenvalue weighted by Gasteiger charge is -2.24. The molecule has 0 bridgehead atoms. The number of para-hydroxylation sites is 1. The van der Waals surface area contributed by atoms with Gasteiger partial charge in [-0.05, 0) is 41.5 Å². The molecule has 1 amide bonds. The number of methoxy groups -OCH3 is 1. The largest absolute Gasteiger partial charge is 0.503 e. The highest BCUT2D eigenvalue weighted by molar-refractivity contribution is 8.00. The number of thioether (sulfide) groups is 1. The smallest absolute Gasteiger partial charge is 0.343 e. The summed E-state index contributed by atoms with van der Waals surface area (Å²) in [6.07, 6.45) is 0. The Morgan fingerprint density at radius 3 is 2.57 bits per heavy atom. The number of carbonyl (C=O) groups is 3. The normalized spacial score (nSPS) is 14.8. The van der Waals surface area contributed by atoms with Gasteiger partial charge in [0.1, 0.15) is 11.3 Å². The molecule has 5 aromatic rings. The fourth-order valence-corrected chi connectivity index (χ4v) is 6.79. The maximum atomic E-state index is 13.9. The zero-order chi connectivity index (χ0) is 30.8. The first-order chi connectivity index (χ1) is 21.3. The van der Waals surface area contributed by atoms with Crippen LogP contribution in [0.5, 0.6) is 5.75 Å². The number of ketones is 1. The van der Waals surface area contributed by atoms with E-state index in [1.54, 1.807) is 54.6 Å². The molecule has 10 nitrogen and oxygen atoms in total. The van der Waals surface area contributed by atoms with Gasteiger partial charge >= 0.3 is 5.97 Å². The van der Waals surface area contributed by atoms with Crippen molar-refractivity contribution >= 4 is 68.5 Å². The minimum absolute atomic E-state index is 0.0290. The molecule has 44 heavy (non-hydrogen) atoms. The lowest BCUT2D eigenvalue weighted by molar-refractivity contribution is -0.142. The number of anilines is 1. The number of rotatable bonds is 10. The number of ether oxygens (including phenoxy) is 2. The Bertz CT molecular complexity index is 1890. The standard InChI is InChI=1S/C31H22ClN3O7S2/c1-40-24(36)15-41-20-12-10-17(11-13-20)26-25(27(37)23-14-18-6-3-5-9-22(18)42-23)28(38)29(39)35(26)30-33-34-31(44-30)43-16-19-7-2-4-8-21(19)32/h2-14,26,38H,15-16H2,1H3. The third-order valence-electron chi connectivity index (χ3n) is 6.79. The van der Waals surface area contributed by atoms with Crippen LogP contribution in [0.1, 0.15) is 27.7 Å². The van der Waals surface area contributed by atoms with Gasteiger partial charge in [0.15, 0.2) is 22.5 Å². The molecule has 1 aliphatic heterocycles. The zero-order valence-electron chi connectivity index (χ0n) is 22.9. The van der Waals surface area contributed by atoms with E-state index in [1.807, 2.05) is 24.3 Å². The minimum Gasteiger partial charge on any atom is -0.503 e. The molecule has 0 saturated heterocycles. The second kappa shape index (κ2) is 12.5. The second-order valence-corrected chi connectivity index (χ2v) is 12.1. The molecule has 3 aromatic carbocycles. The van der Waals surface area contributed by atoms with Gasteiger partial charge in [0.25, 0.3) is 5.91 Å². The first-order valence-corrected chi connectivity index (χ1v) is 15.3. The molecule has 0 spiro atoms. The molecule has 1 N–H and O–H groups in total. The summed E-state index contributed by atoms with van der Waals surface area (Å²) in [5.41, 5.74) is 1.72. The van der Waals surface area contributed by atoms with Gasteiger partial charge in [-0.1, -0.05) is 83.2 Å². The topological polar surface area (TPSA) is 132 Å². The summed E-state index contributed by atoms with van der Waals surface area (Å²) in [6, 6.07) is 21.5. The molecule has 13 heteroatoms. The van der Waals surface area contributed by atoms with Crippen molar-refractivity contribution in [2.75, 3.05) is 18.6 Å². The summed E-state index contributed by atoms with van der Waals surface area (Å²) in [5, 5.41) is 21.1. The average Bonchev–Trinajstić information content (AvgIpc) is 3.76. The number of esters is 1. The summed E-state index contributed by atoms with van der Waals surface area (Å²) >= 11 is 8.83. The number of aliphatic hydroxyl groups is 1. The third kappa shape index (κ3) is 5.79. The number of nitrogens with zero attached hydrogens (tertiary/aromatic N) is 3. The van der Waals surface area contributed by atoms with Crippen molar-refractivity contribution in [2.24, 2.45) is 0 Å². The number of benzene rings is 3. The van der Waals surface area contributed by atoms with Gasteiger partial charge in [0.2, 0.25) is 10.9 Å². The molecule has 3 heterocycles. The molecule has 6 rings (SSSR count). The number of carbonyl (C=O) groups excluding carboxylic acids is 3. The van der Waals surface area contributed by atoms with E-state index in [1.165, 1.54) is 23.8 Å². The van der Waals surface area contributed by atoms with Crippen molar-refractivity contribution < 1.29 is 33.4 Å². The molecule has 1 aliphatic rings. The Morgan fingerprint density at radius 2 is 1.82 bits per heavy atom. The summed E-state index contributed by atoms with van der Waals surface area (Å²) in [4.78, 5) is 40.2. The number of furan rings is 1. The van der Waals surface area contributed by atoms with Gasteiger partial charge in [0, 0.05) is 16.2 Å². The van der Waals surface area contributed by atoms with Gasteiger partial charge in [-0.15, -0.1) is 10.2 Å². The number of hydrogen-bond acceptors (Lipinski definition) is 11. The monoisotopic (exact) mass is 647 g/mol. The van der Waals surface area contributed by atoms with Gasteiger partial charge < -0.3 is 19.0 Å². The van der Waals surface area contributed by atoms with Crippen LogP contribution in [0.2, 0.25) is 5.02 Å². The quantitative estimate of drug-likeness (QED) is 0.0769. The highest BCUT2D eigenvalue weighted by Crippen LogP contribution is 2.44. The molecule has 1 unspecified atom stereocenters. The molecule has 2 aromatic heterocycles. The second-order valence-electron chi connectivity index (χ2n) is 9.48. The molecule has 0 saturated carbocycles. The lowest BCUT2D eigenvalue weighted by atomic mass is 9.95. The van der Waals surface area contributed by atoms with Crippen LogP contribution in [0.3, 0.4) is 0 Å². The fourth-order valence-electron chi connectivity index (χ4n) is 4.64. The summed E-state index contributed by atoms with van der Waals surface area (Å²) in [5.74, 6) is -1.86. The van der Waals surface area contributed by atoms with Crippen LogP contribution in [0.15, 0.2) is 99.0 Å². The van der Waals surface area contributed by atoms with Crippen LogP contribution in [0.25, 0.3) is 11.0 Å². The Labute approximate surface area is 263 Å². The summed E-state index contributed by atoms with van der Waals surface area (Å²) in [6.45, 7) is -0.292. The van der Waals surface area contributed by atoms with E-state index in [-0.39, 0.29) is 23.1 Å². The van der Waals surface area contributed by atoms with Crippen LogP contribution < -0.4 is 9.64 Å². The van der Waals surface area contributed by atoms with Crippen molar-refractivity contribution in [3.8, 4) is 5.75 Å². The maximum Gasteiger partial charge on any atom is 0.343 e. The Kier molecular flexibility index (Phi) is 8.38. The van der Waals surface area contributed by atoms with E-state index in [2.05, 4.69) is 14.9 Å². The fraction of sp³-hybridized carbons (Fsp3) is 0.129. The Hall–Kier alpha value is -4.65. The van der Waals surface area contributed by atoms with E-state index in [4.69, 9.17) is 20.8 Å². The number of hydrogen-bond donors (Lipinski definition) is 1. The number of halogens is 1. The lowest BCUT2D eigenvalue weighted by Crippen LogP contribution is -2.31. The van der Waals surface area contributed by atoms with Gasteiger partial charge in [-0.25, -0.2) is 4.79 Å². The molecule has 222 valence electrons. The van der Waals surface area contributed by atoms with Crippen molar-refractivity contribution in [3.63, 3.8) is 0 Å². The number of Topliss-reactive ketones (excluding diaryl/α,β-unsaturated/α-hetero) is 1.